The molecule has 0 aliphatic carbocycles. The molecule has 0 saturated heterocycles. The molecule has 0 saturated carbocycles. The van der Waals surface area contributed by atoms with E-state index in [1.165, 1.54) is 18.3 Å². The number of rotatable bonds is 6. The molecule has 1 aromatic carbocycles. The molecule has 2 aromatic rings. The third-order valence-corrected chi connectivity index (χ3v) is 2.79. The second-order valence-electron chi connectivity index (χ2n) is 4.44. The zero-order valence-electron chi connectivity index (χ0n) is 11.5. The molecule has 6 heteroatoms. The monoisotopic (exact) mass is 296 g/mol. The van der Waals surface area contributed by atoms with Crippen LogP contribution in [0.2, 0.25) is 0 Å². The average molecular weight is 296 g/mol. The minimum Gasteiger partial charge on any atom is -0.436 e. The zero-order valence-corrected chi connectivity index (χ0v) is 11.5. The summed E-state index contributed by atoms with van der Waals surface area (Å²) in [6.07, 6.45) is 2.34. The number of benzene rings is 1. The molecule has 0 radical (unpaired) electrons. The summed E-state index contributed by atoms with van der Waals surface area (Å²) in [5.41, 5.74) is 0.399. The number of pyridine rings is 1. The van der Waals surface area contributed by atoms with Crippen LogP contribution in [-0.4, -0.2) is 11.5 Å². The van der Waals surface area contributed by atoms with Gasteiger partial charge in [0.05, 0.1) is 0 Å². The van der Waals surface area contributed by atoms with Gasteiger partial charge in [0.25, 0.3) is 5.88 Å². The molecule has 112 valence electrons. The largest absolute Gasteiger partial charge is 0.436 e. The fourth-order valence-corrected chi connectivity index (χ4v) is 1.72. The molecule has 0 bridgehead atoms. The molecular weight excluding hydrogens is 281 g/mol. The van der Waals surface area contributed by atoms with Crippen molar-refractivity contribution in [3.8, 4) is 11.6 Å². The summed E-state index contributed by atoms with van der Waals surface area (Å²) in [5.74, 6) is -2.96. The van der Waals surface area contributed by atoms with Crippen LogP contribution in [-0.2, 0) is 6.54 Å². The van der Waals surface area contributed by atoms with Crippen LogP contribution in [0.25, 0.3) is 0 Å². The van der Waals surface area contributed by atoms with Gasteiger partial charge in [0.15, 0.2) is 17.5 Å². The standard InChI is InChI=1S/C15H15F3N2O/c1-2-6-19-9-10-5-7-20-15(14(10)18)21-11-3-4-12(16)13(17)8-11/h3-5,7-8,19H,2,6,9H2,1H3. The fraction of sp³-hybridized carbons (Fsp3) is 0.267. The zero-order chi connectivity index (χ0) is 15.2. The second-order valence-corrected chi connectivity index (χ2v) is 4.44. The molecule has 0 fully saturated rings. The Kier molecular flexibility index (Phi) is 5.16. The van der Waals surface area contributed by atoms with E-state index in [1.807, 2.05) is 6.92 Å². The summed E-state index contributed by atoms with van der Waals surface area (Å²) in [4.78, 5) is 3.77. The van der Waals surface area contributed by atoms with Crippen molar-refractivity contribution in [2.24, 2.45) is 0 Å². The van der Waals surface area contributed by atoms with Gasteiger partial charge in [0, 0.05) is 24.4 Å². The highest BCUT2D eigenvalue weighted by molar-refractivity contribution is 5.31. The normalized spacial score (nSPS) is 10.7. The van der Waals surface area contributed by atoms with Crippen molar-refractivity contribution in [1.82, 2.24) is 10.3 Å². The molecule has 0 spiro atoms. The highest BCUT2D eigenvalue weighted by Gasteiger charge is 2.12. The van der Waals surface area contributed by atoms with E-state index in [-0.39, 0.29) is 11.6 Å². The summed E-state index contributed by atoms with van der Waals surface area (Å²) in [6.45, 7) is 3.12. The highest BCUT2D eigenvalue weighted by Crippen LogP contribution is 2.25. The Hall–Kier alpha value is -2.08. The van der Waals surface area contributed by atoms with E-state index in [2.05, 4.69) is 10.3 Å². The van der Waals surface area contributed by atoms with E-state index in [0.29, 0.717) is 12.1 Å². The van der Waals surface area contributed by atoms with Gasteiger partial charge in [0.1, 0.15) is 5.75 Å². The first kappa shape index (κ1) is 15.3. The van der Waals surface area contributed by atoms with Gasteiger partial charge < -0.3 is 10.1 Å². The molecule has 0 aliphatic rings. The van der Waals surface area contributed by atoms with Gasteiger partial charge in [-0.3, -0.25) is 0 Å². The lowest BCUT2D eigenvalue weighted by Crippen LogP contribution is -2.15. The SMILES string of the molecule is CCCNCc1ccnc(Oc2ccc(F)c(F)c2)c1F. The molecule has 0 aliphatic heterocycles. The number of aromatic nitrogens is 1. The van der Waals surface area contributed by atoms with Crippen molar-refractivity contribution < 1.29 is 17.9 Å². The minimum atomic E-state index is -1.06. The number of ether oxygens (including phenoxy) is 1. The van der Waals surface area contributed by atoms with Crippen LogP contribution in [0, 0.1) is 17.5 Å². The van der Waals surface area contributed by atoms with Crippen LogP contribution < -0.4 is 10.1 Å². The van der Waals surface area contributed by atoms with Crippen LogP contribution in [0.1, 0.15) is 18.9 Å². The first-order valence-corrected chi connectivity index (χ1v) is 6.58. The molecule has 3 nitrogen and oxygen atoms in total. The first-order valence-electron chi connectivity index (χ1n) is 6.58. The van der Waals surface area contributed by atoms with Gasteiger partial charge in [-0.25, -0.2) is 18.2 Å². The lowest BCUT2D eigenvalue weighted by Gasteiger charge is -2.09. The number of halogens is 3. The Labute approximate surface area is 120 Å². The highest BCUT2D eigenvalue weighted by atomic mass is 19.2. The average Bonchev–Trinajstić information content (AvgIpc) is 2.47. The molecule has 1 aromatic heterocycles. The third-order valence-electron chi connectivity index (χ3n) is 2.79. The summed E-state index contributed by atoms with van der Waals surface area (Å²) >= 11 is 0. The third kappa shape index (κ3) is 3.95. The van der Waals surface area contributed by atoms with E-state index in [0.717, 1.165) is 25.1 Å². The van der Waals surface area contributed by atoms with E-state index >= 15 is 0 Å². The fourth-order valence-electron chi connectivity index (χ4n) is 1.72. The quantitative estimate of drug-likeness (QED) is 0.824. The first-order chi connectivity index (χ1) is 10.1. The molecule has 2 rings (SSSR count). The topological polar surface area (TPSA) is 34.2 Å². The molecule has 21 heavy (non-hydrogen) atoms. The maximum atomic E-state index is 14.2. The summed E-state index contributed by atoms with van der Waals surface area (Å²) < 4.78 is 45.3. The molecule has 0 amide bonds. The van der Waals surface area contributed by atoms with Crippen LogP contribution in [0.5, 0.6) is 11.6 Å². The Bertz CT molecular complexity index is 620. The molecule has 0 atom stereocenters. The van der Waals surface area contributed by atoms with Crippen molar-refractivity contribution in [3.05, 3.63) is 53.5 Å². The van der Waals surface area contributed by atoms with Gasteiger partial charge >= 0.3 is 0 Å². The van der Waals surface area contributed by atoms with Crippen molar-refractivity contribution in [3.63, 3.8) is 0 Å². The van der Waals surface area contributed by atoms with Crippen LogP contribution >= 0.6 is 0 Å². The van der Waals surface area contributed by atoms with E-state index in [4.69, 9.17) is 4.74 Å². The van der Waals surface area contributed by atoms with Gasteiger partial charge in [-0.15, -0.1) is 0 Å². The van der Waals surface area contributed by atoms with Gasteiger partial charge in [0.2, 0.25) is 0 Å². The molecular formula is C15H15F3N2O. The number of nitrogens with zero attached hydrogens (tertiary/aromatic N) is 1. The van der Waals surface area contributed by atoms with Crippen LogP contribution in [0.3, 0.4) is 0 Å². The minimum absolute atomic E-state index is 0.0148. The van der Waals surface area contributed by atoms with Gasteiger partial charge in [-0.1, -0.05) is 6.92 Å². The Morgan fingerprint density at radius 2 is 1.95 bits per heavy atom. The molecule has 1 heterocycles. The maximum Gasteiger partial charge on any atom is 0.256 e. The summed E-state index contributed by atoms with van der Waals surface area (Å²) in [6, 6.07) is 4.51. The number of hydrogen-bond donors (Lipinski definition) is 1. The summed E-state index contributed by atoms with van der Waals surface area (Å²) in [5, 5.41) is 3.07. The maximum absolute atomic E-state index is 14.2. The van der Waals surface area contributed by atoms with Crippen molar-refractivity contribution in [1.29, 1.82) is 0 Å². The number of hydrogen-bond acceptors (Lipinski definition) is 3. The number of nitrogens with one attached hydrogen (secondary N) is 1. The van der Waals surface area contributed by atoms with Gasteiger partial charge in [-0.2, -0.15) is 0 Å². The Balaban J connectivity index is 2.16. The van der Waals surface area contributed by atoms with Gasteiger partial charge in [-0.05, 0) is 31.2 Å². The lowest BCUT2D eigenvalue weighted by atomic mass is 10.2. The van der Waals surface area contributed by atoms with Crippen molar-refractivity contribution in [2.45, 2.75) is 19.9 Å². The Morgan fingerprint density at radius 1 is 1.14 bits per heavy atom. The van der Waals surface area contributed by atoms with E-state index in [9.17, 15) is 13.2 Å². The predicted octanol–water partition coefficient (Wildman–Crippen LogP) is 3.79. The predicted molar refractivity (Wildman–Crippen MR) is 72.6 cm³/mol. The second kappa shape index (κ2) is 7.08. The Morgan fingerprint density at radius 3 is 2.67 bits per heavy atom. The van der Waals surface area contributed by atoms with Crippen molar-refractivity contribution >= 4 is 0 Å². The molecule has 1 N–H and O–H groups in total. The van der Waals surface area contributed by atoms with E-state index < -0.39 is 17.5 Å². The van der Waals surface area contributed by atoms with E-state index in [1.54, 1.807) is 0 Å². The smallest absolute Gasteiger partial charge is 0.256 e. The molecule has 0 unspecified atom stereocenters. The summed E-state index contributed by atoms with van der Waals surface area (Å²) in [7, 11) is 0. The van der Waals surface area contributed by atoms with Crippen LogP contribution in [0.4, 0.5) is 13.2 Å². The lowest BCUT2D eigenvalue weighted by molar-refractivity contribution is 0.410. The van der Waals surface area contributed by atoms with Crippen molar-refractivity contribution in [2.75, 3.05) is 6.54 Å². The van der Waals surface area contributed by atoms with Crippen LogP contribution in [0.15, 0.2) is 30.5 Å².